The van der Waals surface area contributed by atoms with E-state index in [-0.39, 0.29) is 6.03 Å². The summed E-state index contributed by atoms with van der Waals surface area (Å²) in [5.41, 5.74) is 2.74. The van der Waals surface area contributed by atoms with Crippen molar-refractivity contribution in [2.75, 3.05) is 50.2 Å². The third kappa shape index (κ3) is 8.56. The van der Waals surface area contributed by atoms with Gasteiger partial charge in [-0.1, -0.05) is 42.5 Å². The number of piperazine rings is 1. The van der Waals surface area contributed by atoms with Gasteiger partial charge >= 0.3 is 6.03 Å². The lowest BCUT2D eigenvalue weighted by atomic mass is 10.2. The number of rotatable bonds is 9. The number of benzene rings is 2. The van der Waals surface area contributed by atoms with Gasteiger partial charge in [0.05, 0.1) is 6.26 Å². The Bertz CT molecular complexity index is 927. The molecule has 2 aromatic rings. The molecule has 0 spiro atoms. The highest BCUT2D eigenvalue weighted by atomic mass is 32.2. The number of carbonyl (C=O) groups excluding carboxylic acids is 1. The minimum atomic E-state index is -3.29. The van der Waals surface area contributed by atoms with Crippen molar-refractivity contribution in [3.8, 4) is 0 Å². The van der Waals surface area contributed by atoms with E-state index in [0.29, 0.717) is 18.8 Å². The van der Waals surface area contributed by atoms with Gasteiger partial charge in [-0.15, -0.1) is 0 Å². The minimum Gasteiger partial charge on any atom is -0.337 e. The van der Waals surface area contributed by atoms with Crippen molar-refractivity contribution in [2.45, 2.75) is 13.1 Å². The van der Waals surface area contributed by atoms with Crippen LogP contribution in [0.1, 0.15) is 11.1 Å². The Morgan fingerprint density at radius 1 is 0.871 bits per heavy atom. The van der Waals surface area contributed by atoms with Crippen LogP contribution in [-0.2, 0) is 23.1 Å². The van der Waals surface area contributed by atoms with E-state index < -0.39 is 10.0 Å². The number of anilines is 1. The number of amides is 2. The predicted octanol–water partition coefficient (Wildman–Crippen LogP) is 1.68. The molecule has 0 bridgehead atoms. The van der Waals surface area contributed by atoms with Crippen molar-refractivity contribution in [3.63, 3.8) is 0 Å². The van der Waals surface area contributed by atoms with Gasteiger partial charge in [0.25, 0.3) is 0 Å². The number of carbonyl (C=O) groups is 1. The molecule has 31 heavy (non-hydrogen) atoms. The zero-order valence-corrected chi connectivity index (χ0v) is 18.7. The molecule has 2 amide bonds. The zero-order chi connectivity index (χ0) is 22.1. The summed E-state index contributed by atoms with van der Waals surface area (Å²) in [5.74, 6) is 0. The van der Waals surface area contributed by atoms with Crippen molar-refractivity contribution in [2.24, 2.45) is 0 Å². The Kier molecular flexibility index (Phi) is 8.27. The second-order valence-electron chi connectivity index (χ2n) is 7.78. The molecule has 1 fully saturated rings. The number of nitrogens with one attached hydrogen (secondary N) is 3. The molecule has 0 saturated carbocycles. The topological polar surface area (TPSA) is 93.8 Å². The van der Waals surface area contributed by atoms with Gasteiger partial charge in [0.15, 0.2) is 0 Å². The lowest BCUT2D eigenvalue weighted by molar-refractivity contribution is 0.128. The molecule has 1 aliphatic rings. The molecule has 0 aromatic heterocycles. The predicted molar refractivity (Wildman–Crippen MR) is 123 cm³/mol. The van der Waals surface area contributed by atoms with Crippen LogP contribution in [-0.4, -0.2) is 69.8 Å². The summed E-state index contributed by atoms with van der Waals surface area (Å²) in [5, 5.41) is 5.72. The number of nitrogens with zero attached hydrogens (tertiary/aromatic N) is 2. The van der Waals surface area contributed by atoms with E-state index in [1.807, 2.05) is 6.07 Å². The first-order valence-electron chi connectivity index (χ1n) is 10.4. The molecule has 1 saturated heterocycles. The third-order valence-corrected chi connectivity index (χ3v) is 5.74. The Morgan fingerprint density at radius 3 is 2.16 bits per heavy atom. The molecule has 9 heteroatoms. The Morgan fingerprint density at radius 2 is 1.52 bits per heavy atom. The van der Waals surface area contributed by atoms with Gasteiger partial charge in [-0.2, -0.15) is 0 Å². The second-order valence-corrected chi connectivity index (χ2v) is 9.53. The lowest BCUT2D eigenvalue weighted by Gasteiger charge is -2.34. The molecule has 2 aromatic carbocycles. The maximum atomic E-state index is 12.0. The Balaban J connectivity index is 1.28. The first-order chi connectivity index (χ1) is 14.9. The molecule has 0 unspecified atom stereocenters. The first-order valence-corrected chi connectivity index (χ1v) is 12.3. The molecule has 3 N–H and O–H groups in total. The summed E-state index contributed by atoms with van der Waals surface area (Å²) < 4.78 is 24.9. The van der Waals surface area contributed by atoms with E-state index in [4.69, 9.17) is 0 Å². The van der Waals surface area contributed by atoms with Crippen LogP contribution in [0.25, 0.3) is 0 Å². The third-order valence-electron chi connectivity index (χ3n) is 5.14. The van der Waals surface area contributed by atoms with Crippen LogP contribution in [0.4, 0.5) is 10.5 Å². The van der Waals surface area contributed by atoms with Crippen LogP contribution in [0, 0.1) is 0 Å². The van der Waals surface area contributed by atoms with E-state index in [2.05, 4.69) is 49.4 Å². The number of hydrogen-bond acceptors (Lipinski definition) is 5. The highest BCUT2D eigenvalue weighted by Crippen LogP contribution is 2.11. The molecule has 8 nitrogen and oxygen atoms in total. The largest absolute Gasteiger partial charge is 0.337 e. The van der Waals surface area contributed by atoms with Gasteiger partial charge < -0.3 is 10.6 Å². The van der Waals surface area contributed by atoms with Crippen LogP contribution >= 0.6 is 0 Å². The fourth-order valence-corrected chi connectivity index (χ4v) is 4.05. The summed E-state index contributed by atoms with van der Waals surface area (Å²) in [6.45, 7) is 6.87. The van der Waals surface area contributed by atoms with Crippen molar-refractivity contribution >= 4 is 21.7 Å². The Labute approximate surface area is 184 Å². The molecule has 0 aliphatic carbocycles. The molecule has 1 heterocycles. The highest BCUT2D eigenvalue weighted by molar-refractivity contribution is 7.92. The maximum absolute atomic E-state index is 12.0. The van der Waals surface area contributed by atoms with Crippen LogP contribution in [0.15, 0.2) is 54.6 Å². The van der Waals surface area contributed by atoms with Crippen molar-refractivity contribution in [1.29, 1.82) is 0 Å². The zero-order valence-electron chi connectivity index (χ0n) is 17.9. The van der Waals surface area contributed by atoms with Gasteiger partial charge in [0.2, 0.25) is 10.0 Å². The number of hydrogen-bond donors (Lipinski definition) is 3. The molecule has 0 radical (unpaired) electrons. The van der Waals surface area contributed by atoms with E-state index in [1.165, 1.54) is 5.56 Å². The Hall–Kier alpha value is -2.62. The lowest BCUT2D eigenvalue weighted by Crippen LogP contribution is -2.48. The van der Waals surface area contributed by atoms with Gasteiger partial charge in [-0.3, -0.25) is 14.5 Å². The number of urea groups is 1. The first kappa shape index (κ1) is 23.1. The van der Waals surface area contributed by atoms with Gasteiger partial charge in [-0.25, -0.2) is 13.2 Å². The molecule has 1 aliphatic heterocycles. The van der Waals surface area contributed by atoms with E-state index >= 15 is 0 Å². The SMILES string of the molecule is CS(=O)(=O)Nc1ccc(CNC(=O)NCCN2CCN(Cc3ccccc3)CC2)cc1. The van der Waals surface area contributed by atoms with Crippen LogP contribution in [0.3, 0.4) is 0 Å². The van der Waals surface area contributed by atoms with Crippen LogP contribution < -0.4 is 15.4 Å². The van der Waals surface area contributed by atoms with Crippen molar-refractivity contribution in [3.05, 3.63) is 65.7 Å². The fourth-order valence-electron chi connectivity index (χ4n) is 3.49. The van der Waals surface area contributed by atoms with Crippen molar-refractivity contribution < 1.29 is 13.2 Å². The van der Waals surface area contributed by atoms with Crippen LogP contribution in [0.2, 0.25) is 0 Å². The van der Waals surface area contributed by atoms with Gasteiger partial charge in [0.1, 0.15) is 0 Å². The van der Waals surface area contributed by atoms with Gasteiger partial charge in [0, 0.05) is 58.0 Å². The smallest absolute Gasteiger partial charge is 0.315 e. The summed E-state index contributed by atoms with van der Waals surface area (Å²) >= 11 is 0. The normalized spacial score (nSPS) is 15.4. The molecule has 168 valence electrons. The van der Waals surface area contributed by atoms with E-state index in [9.17, 15) is 13.2 Å². The summed E-state index contributed by atoms with van der Waals surface area (Å²) in [6.07, 6.45) is 1.11. The fraction of sp³-hybridized carbons (Fsp3) is 0.409. The summed E-state index contributed by atoms with van der Waals surface area (Å²) in [4.78, 5) is 16.9. The standard InChI is InChI=1S/C22H31N5O3S/c1-31(29,30)25-21-9-7-19(8-10-21)17-24-22(28)23-11-12-26-13-15-27(16-14-26)18-20-5-3-2-4-6-20/h2-10,25H,11-18H2,1H3,(H2,23,24,28). The second kappa shape index (κ2) is 11.1. The monoisotopic (exact) mass is 445 g/mol. The summed E-state index contributed by atoms with van der Waals surface area (Å²) in [6, 6.07) is 17.2. The van der Waals surface area contributed by atoms with E-state index in [0.717, 1.165) is 51.1 Å². The molecule has 3 rings (SSSR count). The minimum absolute atomic E-state index is 0.207. The molecular formula is C22H31N5O3S. The average Bonchev–Trinajstić information content (AvgIpc) is 2.74. The molecule has 0 atom stereocenters. The number of sulfonamides is 1. The highest BCUT2D eigenvalue weighted by Gasteiger charge is 2.16. The van der Waals surface area contributed by atoms with Gasteiger partial charge in [-0.05, 0) is 23.3 Å². The maximum Gasteiger partial charge on any atom is 0.315 e. The molecular weight excluding hydrogens is 414 g/mol. The van der Waals surface area contributed by atoms with E-state index in [1.54, 1.807) is 24.3 Å². The van der Waals surface area contributed by atoms with Crippen LogP contribution in [0.5, 0.6) is 0 Å². The summed E-state index contributed by atoms with van der Waals surface area (Å²) in [7, 11) is -3.29. The van der Waals surface area contributed by atoms with Crippen molar-refractivity contribution in [1.82, 2.24) is 20.4 Å². The average molecular weight is 446 g/mol. The quantitative estimate of drug-likeness (QED) is 0.546.